The van der Waals surface area contributed by atoms with Crippen molar-refractivity contribution in [1.82, 2.24) is 5.32 Å². The number of hydrogen-bond donors (Lipinski definition) is 1. The lowest BCUT2D eigenvalue weighted by Gasteiger charge is -2.31. The molecule has 0 spiro atoms. The molecule has 0 radical (unpaired) electrons. The van der Waals surface area contributed by atoms with Crippen molar-refractivity contribution < 1.29 is 0 Å². The second kappa shape index (κ2) is 6.74. The summed E-state index contributed by atoms with van der Waals surface area (Å²) in [5, 5.41) is 12.6. The van der Waals surface area contributed by atoms with E-state index >= 15 is 0 Å². The van der Waals surface area contributed by atoms with Gasteiger partial charge in [-0.25, -0.2) is 0 Å². The normalized spacial score (nSPS) is 23.3. The van der Waals surface area contributed by atoms with Crippen LogP contribution in [0.5, 0.6) is 0 Å². The molecule has 2 nitrogen and oxygen atoms in total. The molecule has 1 aliphatic carbocycles. The summed E-state index contributed by atoms with van der Waals surface area (Å²) in [5.74, 6) is 0.283. The molecule has 1 aromatic rings. The van der Waals surface area contributed by atoms with Gasteiger partial charge in [0.05, 0.1) is 6.07 Å². The second-order valence-corrected chi connectivity index (χ2v) is 7.37. The van der Waals surface area contributed by atoms with Gasteiger partial charge < -0.3 is 5.32 Å². The Morgan fingerprint density at radius 3 is 2.60 bits per heavy atom. The molecule has 0 bridgehead atoms. The monoisotopic (exact) mass is 334 g/mol. The summed E-state index contributed by atoms with van der Waals surface area (Å²) in [5.41, 5.74) is 1.47. The molecule has 108 valence electrons. The fraction of sp³-hybridized carbons (Fsp3) is 0.588. The number of benzene rings is 1. The van der Waals surface area contributed by atoms with Crippen LogP contribution in [0, 0.1) is 17.2 Å². The van der Waals surface area contributed by atoms with E-state index < -0.39 is 0 Å². The van der Waals surface area contributed by atoms with Crippen LogP contribution in [0.4, 0.5) is 0 Å². The minimum Gasteiger partial charge on any atom is -0.313 e. The molecule has 0 saturated heterocycles. The van der Waals surface area contributed by atoms with Gasteiger partial charge in [0.1, 0.15) is 0 Å². The molecule has 0 unspecified atom stereocenters. The van der Waals surface area contributed by atoms with Gasteiger partial charge in [-0.05, 0) is 43.4 Å². The lowest BCUT2D eigenvalue weighted by molar-refractivity contribution is 0.311. The van der Waals surface area contributed by atoms with E-state index in [1.807, 2.05) is 0 Å². The molecule has 0 aliphatic heterocycles. The van der Waals surface area contributed by atoms with Gasteiger partial charge in [0.25, 0.3) is 0 Å². The van der Waals surface area contributed by atoms with Crippen molar-refractivity contribution in [3.8, 4) is 6.07 Å². The smallest absolute Gasteiger partial charge is 0.0655 e. The number of nitriles is 1. The number of nitrogens with one attached hydrogen (secondary N) is 1. The Balaban J connectivity index is 1.88. The van der Waals surface area contributed by atoms with E-state index in [0.29, 0.717) is 6.04 Å². The molecule has 1 saturated carbocycles. The van der Waals surface area contributed by atoms with Crippen molar-refractivity contribution in [2.45, 2.75) is 51.0 Å². The molecule has 1 N–H and O–H groups in total. The average molecular weight is 335 g/mol. The number of nitrogens with zero attached hydrogens (tertiary/aromatic N) is 1. The van der Waals surface area contributed by atoms with Gasteiger partial charge in [-0.15, -0.1) is 0 Å². The van der Waals surface area contributed by atoms with E-state index in [1.165, 1.54) is 5.56 Å². The van der Waals surface area contributed by atoms with Crippen LogP contribution in [-0.2, 0) is 5.41 Å². The largest absolute Gasteiger partial charge is 0.313 e. The molecule has 1 fully saturated rings. The molecule has 0 aromatic heterocycles. The Labute approximate surface area is 130 Å². The molecule has 2 rings (SSSR count). The van der Waals surface area contributed by atoms with E-state index in [0.717, 1.165) is 36.7 Å². The molecule has 0 amide bonds. The fourth-order valence-corrected chi connectivity index (χ4v) is 3.24. The zero-order valence-electron chi connectivity index (χ0n) is 12.3. The second-order valence-electron chi connectivity index (χ2n) is 6.45. The third-order valence-electron chi connectivity index (χ3n) is 4.35. The van der Waals surface area contributed by atoms with Crippen LogP contribution in [0.15, 0.2) is 28.7 Å². The highest BCUT2D eigenvalue weighted by Crippen LogP contribution is 2.27. The number of hydrogen-bond acceptors (Lipinski definition) is 2. The van der Waals surface area contributed by atoms with Crippen LogP contribution in [0.2, 0.25) is 0 Å². The Hall–Kier alpha value is -0.850. The van der Waals surface area contributed by atoms with Crippen molar-refractivity contribution in [1.29, 1.82) is 5.26 Å². The first-order valence-corrected chi connectivity index (χ1v) is 8.19. The number of halogens is 1. The molecule has 1 aliphatic rings. The Kier molecular flexibility index (Phi) is 5.23. The maximum absolute atomic E-state index is 8.94. The maximum atomic E-state index is 8.94. The zero-order chi connectivity index (χ0) is 14.6. The molecule has 1 aromatic carbocycles. The number of rotatable bonds is 4. The highest BCUT2D eigenvalue weighted by molar-refractivity contribution is 9.10. The van der Waals surface area contributed by atoms with Gasteiger partial charge in [-0.1, -0.05) is 41.9 Å². The summed E-state index contributed by atoms with van der Waals surface area (Å²) in [6.07, 6.45) is 4.36. The summed E-state index contributed by atoms with van der Waals surface area (Å²) in [6.45, 7) is 5.54. The van der Waals surface area contributed by atoms with E-state index in [9.17, 15) is 0 Å². The lowest BCUT2D eigenvalue weighted by Crippen LogP contribution is -2.40. The summed E-state index contributed by atoms with van der Waals surface area (Å²) >= 11 is 3.55. The third kappa shape index (κ3) is 4.07. The van der Waals surface area contributed by atoms with Crippen molar-refractivity contribution >= 4 is 15.9 Å². The summed E-state index contributed by atoms with van der Waals surface area (Å²) in [6, 6.07) is 11.5. The minimum atomic E-state index is 0.121. The third-order valence-corrected chi connectivity index (χ3v) is 4.84. The van der Waals surface area contributed by atoms with E-state index in [2.05, 4.69) is 65.4 Å². The summed E-state index contributed by atoms with van der Waals surface area (Å²) in [7, 11) is 0. The van der Waals surface area contributed by atoms with Crippen LogP contribution in [-0.4, -0.2) is 12.6 Å². The van der Waals surface area contributed by atoms with Gasteiger partial charge in [0.2, 0.25) is 0 Å². The first-order valence-electron chi connectivity index (χ1n) is 7.40. The highest BCUT2D eigenvalue weighted by Gasteiger charge is 2.25. The van der Waals surface area contributed by atoms with Gasteiger partial charge in [-0.2, -0.15) is 5.26 Å². The summed E-state index contributed by atoms with van der Waals surface area (Å²) < 4.78 is 1.14. The SMILES string of the molecule is CC(C)(CNC1CCC(C#N)CC1)c1cccc(Br)c1. The van der Waals surface area contributed by atoms with E-state index in [-0.39, 0.29) is 11.3 Å². The summed E-state index contributed by atoms with van der Waals surface area (Å²) in [4.78, 5) is 0. The van der Waals surface area contributed by atoms with Crippen LogP contribution in [0.3, 0.4) is 0 Å². The minimum absolute atomic E-state index is 0.121. The Morgan fingerprint density at radius 2 is 2.00 bits per heavy atom. The van der Waals surface area contributed by atoms with Crippen LogP contribution >= 0.6 is 15.9 Å². The quantitative estimate of drug-likeness (QED) is 0.885. The van der Waals surface area contributed by atoms with Gasteiger partial charge in [0, 0.05) is 28.4 Å². The van der Waals surface area contributed by atoms with E-state index in [4.69, 9.17) is 5.26 Å². The average Bonchev–Trinajstić information content (AvgIpc) is 2.46. The molecule has 0 heterocycles. The maximum Gasteiger partial charge on any atom is 0.0655 e. The van der Waals surface area contributed by atoms with Gasteiger partial charge in [-0.3, -0.25) is 0 Å². The highest BCUT2D eigenvalue weighted by atomic mass is 79.9. The lowest BCUT2D eigenvalue weighted by atomic mass is 9.83. The first kappa shape index (κ1) is 15.5. The standard InChI is InChI=1S/C17H23BrN2/c1-17(2,14-4-3-5-15(18)10-14)12-20-16-8-6-13(11-19)7-9-16/h3-5,10,13,16,20H,6-9,12H2,1-2H3. The van der Waals surface area contributed by atoms with Crippen LogP contribution in [0.25, 0.3) is 0 Å². The topological polar surface area (TPSA) is 35.8 Å². The Morgan fingerprint density at radius 1 is 1.30 bits per heavy atom. The first-order chi connectivity index (χ1) is 9.51. The molecule has 3 heteroatoms. The molecular weight excluding hydrogens is 312 g/mol. The Bertz CT molecular complexity index is 482. The fourth-order valence-electron chi connectivity index (χ4n) is 2.84. The van der Waals surface area contributed by atoms with Crippen LogP contribution < -0.4 is 5.32 Å². The van der Waals surface area contributed by atoms with Crippen molar-refractivity contribution in [3.63, 3.8) is 0 Å². The predicted molar refractivity (Wildman–Crippen MR) is 86.5 cm³/mol. The molecular formula is C17H23BrN2. The van der Waals surface area contributed by atoms with Crippen molar-refractivity contribution in [3.05, 3.63) is 34.3 Å². The van der Waals surface area contributed by atoms with Crippen molar-refractivity contribution in [2.24, 2.45) is 5.92 Å². The molecule has 0 atom stereocenters. The predicted octanol–water partition coefficient (Wildman–Crippen LogP) is 4.40. The zero-order valence-corrected chi connectivity index (χ0v) is 13.9. The molecule has 20 heavy (non-hydrogen) atoms. The van der Waals surface area contributed by atoms with Gasteiger partial charge >= 0.3 is 0 Å². The van der Waals surface area contributed by atoms with Crippen molar-refractivity contribution in [2.75, 3.05) is 6.54 Å². The van der Waals surface area contributed by atoms with E-state index in [1.54, 1.807) is 0 Å². The van der Waals surface area contributed by atoms with Gasteiger partial charge in [0.15, 0.2) is 0 Å². The van der Waals surface area contributed by atoms with Crippen LogP contribution in [0.1, 0.15) is 45.1 Å².